The molecule has 0 atom stereocenters. The standard InChI is InChI=1S/C25H33F3N2O3/c1-7-8-12-30-13-11-17(23(2,3)4)15-21(30)29-22(31)19-14-18(25(26,27)28)9-10-20(19)33-16-24(5,6)32/h9-11,13-15,32H,7-8,12,16H2,1-6H3. The Balaban J connectivity index is 2.62. The molecule has 0 unspecified atom stereocenters. The van der Waals surface area contributed by atoms with Crippen LogP contribution in [-0.4, -0.2) is 27.8 Å². The number of aliphatic hydroxyl groups is 1. The predicted octanol–water partition coefficient (Wildman–Crippen LogP) is 5.50. The van der Waals surface area contributed by atoms with Crippen molar-refractivity contribution in [3.05, 3.63) is 58.7 Å². The summed E-state index contributed by atoms with van der Waals surface area (Å²) in [5, 5.41) is 9.94. The van der Waals surface area contributed by atoms with Crippen LogP contribution in [0.2, 0.25) is 0 Å². The summed E-state index contributed by atoms with van der Waals surface area (Å²) in [7, 11) is 0. The van der Waals surface area contributed by atoms with Crippen molar-refractivity contribution in [1.82, 2.24) is 4.57 Å². The lowest BCUT2D eigenvalue weighted by Crippen LogP contribution is -2.28. The smallest absolute Gasteiger partial charge is 0.416 e. The summed E-state index contributed by atoms with van der Waals surface area (Å²) in [4.78, 5) is 17.3. The number of nitrogens with zero attached hydrogens (tertiary/aromatic N) is 2. The second-order valence-electron chi connectivity index (χ2n) is 9.80. The SMILES string of the molecule is CCCCn1ccc(C(C)(C)C)cc1=NC(=O)c1cc(C(F)(F)F)ccc1OCC(C)(C)O. The van der Waals surface area contributed by atoms with Gasteiger partial charge in [-0.25, -0.2) is 0 Å². The van der Waals surface area contributed by atoms with Gasteiger partial charge in [0.1, 0.15) is 17.8 Å². The molecular weight excluding hydrogens is 433 g/mol. The van der Waals surface area contributed by atoms with Gasteiger partial charge in [0.15, 0.2) is 0 Å². The molecule has 33 heavy (non-hydrogen) atoms. The van der Waals surface area contributed by atoms with Crippen LogP contribution in [0.15, 0.2) is 41.5 Å². The summed E-state index contributed by atoms with van der Waals surface area (Å²) < 4.78 is 47.3. The first-order chi connectivity index (χ1) is 15.1. The lowest BCUT2D eigenvalue weighted by molar-refractivity contribution is -0.137. The van der Waals surface area contributed by atoms with Gasteiger partial charge in [0.05, 0.1) is 16.7 Å². The molecular formula is C25H33F3N2O3. The number of halogens is 3. The van der Waals surface area contributed by atoms with E-state index in [1.807, 2.05) is 44.5 Å². The van der Waals surface area contributed by atoms with Gasteiger partial charge in [-0.3, -0.25) is 4.79 Å². The Morgan fingerprint density at radius 3 is 2.27 bits per heavy atom. The minimum Gasteiger partial charge on any atom is -0.490 e. The van der Waals surface area contributed by atoms with Crippen LogP contribution in [0.5, 0.6) is 5.75 Å². The van der Waals surface area contributed by atoms with E-state index in [4.69, 9.17) is 4.74 Å². The van der Waals surface area contributed by atoms with Crippen LogP contribution in [-0.2, 0) is 18.1 Å². The zero-order chi connectivity index (χ0) is 25.0. The van der Waals surface area contributed by atoms with Gasteiger partial charge < -0.3 is 14.4 Å². The van der Waals surface area contributed by atoms with Crippen LogP contribution in [0.3, 0.4) is 0 Å². The summed E-state index contributed by atoms with van der Waals surface area (Å²) in [6.07, 6.45) is -0.985. The van der Waals surface area contributed by atoms with Crippen LogP contribution < -0.4 is 10.2 Å². The molecule has 1 amide bonds. The fourth-order valence-corrected chi connectivity index (χ4v) is 3.02. The molecule has 2 aromatic rings. The monoisotopic (exact) mass is 466 g/mol. The van der Waals surface area contributed by atoms with E-state index in [1.54, 1.807) is 6.07 Å². The van der Waals surface area contributed by atoms with Gasteiger partial charge in [0.25, 0.3) is 5.91 Å². The minimum atomic E-state index is -4.63. The largest absolute Gasteiger partial charge is 0.490 e. The van der Waals surface area contributed by atoms with E-state index in [-0.39, 0.29) is 23.3 Å². The maximum Gasteiger partial charge on any atom is 0.416 e. The zero-order valence-electron chi connectivity index (χ0n) is 20.1. The highest BCUT2D eigenvalue weighted by molar-refractivity contribution is 5.97. The van der Waals surface area contributed by atoms with Gasteiger partial charge in [-0.2, -0.15) is 18.2 Å². The number of ether oxygens (including phenoxy) is 1. The van der Waals surface area contributed by atoms with Crippen molar-refractivity contribution >= 4 is 5.91 Å². The molecule has 0 saturated heterocycles. The zero-order valence-corrected chi connectivity index (χ0v) is 20.1. The maximum atomic E-state index is 13.3. The molecule has 5 nitrogen and oxygen atoms in total. The van der Waals surface area contributed by atoms with Crippen molar-refractivity contribution in [1.29, 1.82) is 0 Å². The second-order valence-corrected chi connectivity index (χ2v) is 9.80. The quantitative estimate of drug-likeness (QED) is 0.587. The third-order valence-corrected chi connectivity index (χ3v) is 4.97. The molecule has 0 fully saturated rings. The molecule has 1 N–H and O–H groups in total. The van der Waals surface area contributed by atoms with E-state index < -0.39 is 23.2 Å². The van der Waals surface area contributed by atoms with Crippen molar-refractivity contribution in [3.63, 3.8) is 0 Å². The topological polar surface area (TPSA) is 63.8 Å². The summed E-state index contributed by atoms with van der Waals surface area (Å²) in [5.41, 5.74) is -1.40. The molecule has 0 saturated carbocycles. The fraction of sp³-hybridized carbons (Fsp3) is 0.520. The number of hydrogen-bond acceptors (Lipinski definition) is 3. The Morgan fingerprint density at radius 2 is 1.73 bits per heavy atom. The van der Waals surface area contributed by atoms with E-state index in [0.717, 1.165) is 36.6 Å². The van der Waals surface area contributed by atoms with Crippen LogP contribution in [0.25, 0.3) is 0 Å². The molecule has 0 aliphatic carbocycles. The average Bonchev–Trinajstić information content (AvgIpc) is 2.69. The van der Waals surface area contributed by atoms with Crippen LogP contribution in [0.1, 0.15) is 75.9 Å². The molecule has 0 spiro atoms. The Bertz CT molecular complexity index is 1040. The van der Waals surface area contributed by atoms with Gasteiger partial charge in [0.2, 0.25) is 0 Å². The van der Waals surface area contributed by atoms with E-state index in [1.165, 1.54) is 13.8 Å². The van der Waals surface area contributed by atoms with E-state index in [2.05, 4.69) is 4.99 Å². The maximum absolute atomic E-state index is 13.3. The molecule has 8 heteroatoms. The number of unbranched alkanes of at least 4 members (excludes halogenated alkanes) is 1. The molecule has 0 aliphatic rings. The van der Waals surface area contributed by atoms with Crippen molar-refractivity contribution < 1.29 is 27.8 Å². The number of aromatic nitrogens is 1. The van der Waals surface area contributed by atoms with Gasteiger partial charge >= 0.3 is 6.18 Å². The van der Waals surface area contributed by atoms with Crippen molar-refractivity contribution in [2.24, 2.45) is 4.99 Å². The van der Waals surface area contributed by atoms with Gasteiger partial charge in [-0.1, -0.05) is 34.1 Å². The van der Waals surface area contributed by atoms with Crippen LogP contribution in [0.4, 0.5) is 13.2 Å². The molecule has 2 rings (SSSR count). The number of aryl methyl sites for hydroxylation is 1. The highest BCUT2D eigenvalue weighted by Gasteiger charge is 2.32. The highest BCUT2D eigenvalue weighted by Crippen LogP contribution is 2.33. The van der Waals surface area contributed by atoms with Crippen molar-refractivity contribution in [3.8, 4) is 5.75 Å². The number of carbonyl (C=O) groups is 1. The molecule has 0 aliphatic heterocycles. The molecule has 1 heterocycles. The predicted molar refractivity (Wildman–Crippen MR) is 121 cm³/mol. The van der Waals surface area contributed by atoms with E-state index >= 15 is 0 Å². The van der Waals surface area contributed by atoms with E-state index in [0.29, 0.717) is 12.0 Å². The van der Waals surface area contributed by atoms with Crippen LogP contribution in [0, 0.1) is 0 Å². The normalized spacial score (nSPS) is 13.3. The Morgan fingerprint density at radius 1 is 1.06 bits per heavy atom. The van der Waals surface area contributed by atoms with Crippen molar-refractivity contribution in [2.75, 3.05) is 6.61 Å². The second kappa shape index (κ2) is 10.1. The Hall–Kier alpha value is -2.61. The number of pyridine rings is 1. The Kier molecular flexibility index (Phi) is 8.17. The van der Waals surface area contributed by atoms with Gasteiger partial charge in [-0.15, -0.1) is 0 Å². The minimum absolute atomic E-state index is 0.0639. The number of benzene rings is 1. The Labute approximate surface area is 192 Å². The van der Waals surface area contributed by atoms with Crippen LogP contribution >= 0.6 is 0 Å². The van der Waals surface area contributed by atoms with Gasteiger partial charge in [-0.05, 0) is 61.6 Å². The molecule has 182 valence electrons. The molecule has 0 bridgehead atoms. The summed E-state index contributed by atoms with van der Waals surface area (Å²) >= 11 is 0. The first-order valence-electron chi connectivity index (χ1n) is 11.0. The number of alkyl halides is 3. The molecule has 1 aromatic carbocycles. The summed E-state index contributed by atoms with van der Waals surface area (Å²) in [5.74, 6) is -0.908. The lowest BCUT2D eigenvalue weighted by Gasteiger charge is -2.20. The number of carbonyl (C=O) groups excluding carboxylic acids is 1. The summed E-state index contributed by atoms with van der Waals surface area (Å²) in [6.45, 7) is 11.5. The lowest BCUT2D eigenvalue weighted by atomic mass is 9.88. The van der Waals surface area contributed by atoms with Gasteiger partial charge in [0, 0.05) is 12.7 Å². The number of hydrogen-bond donors (Lipinski definition) is 1. The first-order valence-corrected chi connectivity index (χ1v) is 11.0. The molecule has 1 aromatic heterocycles. The number of rotatable bonds is 7. The summed E-state index contributed by atoms with van der Waals surface area (Å²) in [6, 6.07) is 6.43. The fourth-order valence-electron chi connectivity index (χ4n) is 3.02. The molecule has 0 radical (unpaired) electrons. The highest BCUT2D eigenvalue weighted by atomic mass is 19.4. The van der Waals surface area contributed by atoms with E-state index in [9.17, 15) is 23.1 Å². The number of amides is 1. The first kappa shape index (κ1) is 26.6. The average molecular weight is 467 g/mol. The third kappa shape index (κ3) is 7.74. The van der Waals surface area contributed by atoms with Crippen molar-refractivity contribution in [2.45, 2.75) is 78.1 Å². The third-order valence-electron chi connectivity index (χ3n) is 4.97.